The minimum Gasteiger partial charge on any atom is -0.212 e. The summed E-state index contributed by atoms with van der Waals surface area (Å²) in [6.45, 7) is 6.29. The van der Waals surface area contributed by atoms with E-state index in [0.717, 1.165) is 0 Å². The van der Waals surface area contributed by atoms with Gasteiger partial charge in [0.2, 0.25) is 14.4 Å². The van der Waals surface area contributed by atoms with Crippen LogP contribution in [0.3, 0.4) is 0 Å². The normalized spacial score (nSPS) is 14.4. The van der Waals surface area contributed by atoms with Crippen LogP contribution in [0.4, 0.5) is 0 Å². The number of benzene rings is 1. The standard InChI is InChI=1S/C14H20Cl2N2O2SSi/c1-22(2,3)10-9-21(19,20)18-13(14(15,16)11-17)12-7-5-4-6-8-12/h4-8,13,18H,9-10H2,1-3H3/t13-/m0/s1. The van der Waals surface area contributed by atoms with Crippen molar-refractivity contribution >= 4 is 41.3 Å². The van der Waals surface area contributed by atoms with Gasteiger partial charge in [-0.2, -0.15) is 5.26 Å². The van der Waals surface area contributed by atoms with Crippen molar-refractivity contribution in [3.05, 3.63) is 35.9 Å². The third kappa shape index (κ3) is 6.27. The fraction of sp³-hybridized carbons (Fsp3) is 0.500. The molecule has 0 fully saturated rings. The molecule has 1 atom stereocenters. The van der Waals surface area contributed by atoms with Crippen LogP contribution in [0, 0.1) is 11.3 Å². The summed E-state index contributed by atoms with van der Waals surface area (Å²) in [5.41, 5.74) is 0.547. The van der Waals surface area contributed by atoms with E-state index in [2.05, 4.69) is 24.4 Å². The Balaban J connectivity index is 3.03. The lowest BCUT2D eigenvalue weighted by Gasteiger charge is -2.26. The number of rotatable bonds is 7. The molecule has 0 saturated carbocycles. The Bertz CT molecular complexity index is 637. The monoisotopic (exact) mass is 378 g/mol. The van der Waals surface area contributed by atoms with Crippen molar-refractivity contribution in [3.8, 4) is 6.07 Å². The fourth-order valence-electron chi connectivity index (χ4n) is 1.74. The second kappa shape index (κ2) is 7.32. The van der Waals surface area contributed by atoms with E-state index in [4.69, 9.17) is 28.5 Å². The van der Waals surface area contributed by atoms with Gasteiger partial charge < -0.3 is 0 Å². The van der Waals surface area contributed by atoms with Crippen molar-refractivity contribution in [2.45, 2.75) is 36.1 Å². The van der Waals surface area contributed by atoms with Crippen molar-refractivity contribution in [1.82, 2.24) is 4.72 Å². The summed E-state index contributed by atoms with van der Waals surface area (Å²) >= 11 is 12.0. The SMILES string of the molecule is C[Si](C)(C)CCS(=O)(=O)N[C@@H](c1ccccc1)C(Cl)(Cl)C#N. The molecule has 1 rings (SSSR count). The van der Waals surface area contributed by atoms with E-state index < -0.39 is 28.5 Å². The molecule has 0 saturated heterocycles. The van der Waals surface area contributed by atoms with Gasteiger partial charge >= 0.3 is 0 Å². The van der Waals surface area contributed by atoms with Gasteiger partial charge in [-0.25, -0.2) is 13.1 Å². The Morgan fingerprint density at radius 2 is 1.82 bits per heavy atom. The van der Waals surface area contributed by atoms with Gasteiger partial charge in [-0.05, 0) is 11.6 Å². The Hall–Kier alpha value is -0.583. The van der Waals surface area contributed by atoms with Crippen molar-refractivity contribution in [1.29, 1.82) is 5.26 Å². The molecule has 22 heavy (non-hydrogen) atoms. The Morgan fingerprint density at radius 1 is 1.27 bits per heavy atom. The number of hydrogen-bond acceptors (Lipinski definition) is 3. The van der Waals surface area contributed by atoms with Gasteiger partial charge in [0, 0.05) is 8.07 Å². The van der Waals surface area contributed by atoms with Crippen molar-refractivity contribution < 1.29 is 8.42 Å². The summed E-state index contributed by atoms with van der Waals surface area (Å²) in [7, 11) is -5.09. The Labute approximate surface area is 143 Å². The van der Waals surface area contributed by atoms with E-state index in [-0.39, 0.29) is 5.75 Å². The summed E-state index contributed by atoms with van der Waals surface area (Å²) in [6.07, 6.45) is 0. The maximum absolute atomic E-state index is 12.3. The van der Waals surface area contributed by atoms with Crippen LogP contribution < -0.4 is 4.72 Å². The Kier molecular flexibility index (Phi) is 6.48. The summed E-state index contributed by atoms with van der Waals surface area (Å²) in [4.78, 5) is 0. The lowest BCUT2D eigenvalue weighted by atomic mass is 10.1. The number of nitrogens with one attached hydrogen (secondary N) is 1. The third-order valence-electron chi connectivity index (χ3n) is 3.06. The van der Waals surface area contributed by atoms with Crippen LogP contribution >= 0.6 is 23.2 Å². The van der Waals surface area contributed by atoms with E-state index in [1.54, 1.807) is 36.4 Å². The van der Waals surface area contributed by atoms with Crippen LogP contribution in [0.25, 0.3) is 0 Å². The maximum atomic E-state index is 12.3. The third-order valence-corrected chi connectivity index (χ3v) is 7.12. The molecule has 0 aliphatic rings. The van der Waals surface area contributed by atoms with Crippen LogP contribution in [0.5, 0.6) is 0 Å². The summed E-state index contributed by atoms with van der Waals surface area (Å²) in [5.74, 6) is 0.00133. The molecule has 0 radical (unpaired) electrons. The molecule has 0 spiro atoms. The highest BCUT2D eigenvalue weighted by Crippen LogP contribution is 2.36. The molecular formula is C14H20Cl2N2O2SSi. The second-order valence-electron chi connectivity index (χ2n) is 6.33. The molecule has 1 N–H and O–H groups in total. The molecule has 8 heteroatoms. The second-order valence-corrected chi connectivity index (χ2v) is 15.2. The predicted octanol–water partition coefficient (Wildman–Crippen LogP) is 3.68. The number of hydrogen-bond donors (Lipinski definition) is 1. The Morgan fingerprint density at radius 3 is 2.27 bits per heavy atom. The molecule has 0 heterocycles. The first kappa shape index (κ1) is 19.5. The van der Waals surface area contributed by atoms with E-state index in [1.807, 2.05) is 0 Å². The molecular weight excluding hydrogens is 359 g/mol. The lowest BCUT2D eigenvalue weighted by Crippen LogP contribution is -2.40. The highest BCUT2D eigenvalue weighted by Gasteiger charge is 2.39. The van der Waals surface area contributed by atoms with Crippen molar-refractivity contribution in [2.24, 2.45) is 0 Å². The molecule has 4 nitrogen and oxygen atoms in total. The van der Waals surface area contributed by atoms with Crippen molar-refractivity contribution in [2.75, 3.05) is 5.75 Å². The van der Waals surface area contributed by atoms with Gasteiger partial charge in [-0.3, -0.25) is 0 Å². The number of sulfonamides is 1. The largest absolute Gasteiger partial charge is 0.223 e. The van der Waals surface area contributed by atoms with E-state index in [9.17, 15) is 8.42 Å². The average Bonchev–Trinajstić information content (AvgIpc) is 2.43. The zero-order chi connectivity index (χ0) is 17.0. The number of halogens is 2. The molecule has 1 aromatic rings. The van der Waals surface area contributed by atoms with E-state index in [1.165, 1.54) is 0 Å². The summed E-state index contributed by atoms with van der Waals surface area (Å²) in [6, 6.07) is 9.97. The summed E-state index contributed by atoms with van der Waals surface area (Å²) < 4.78 is 25.2. The minimum atomic E-state index is -3.59. The number of alkyl halides is 2. The minimum absolute atomic E-state index is 0.00133. The van der Waals surface area contributed by atoms with Gasteiger partial charge in [0.25, 0.3) is 0 Å². The smallest absolute Gasteiger partial charge is 0.212 e. The highest BCUT2D eigenvalue weighted by atomic mass is 35.5. The molecule has 0 aliphatic heterocycles. The number of nitriles is 1. The molecule has 0 aromatic heterocycles. The van der Waals surface area contributed by atoms with Crippen LogP contribution in [0.1, 0.15) is 11.6 Å². The summed E-state index contributed by atoms with van der Waals surface area (Å²) in [5, 5.41) is 9.14. The zero-order valence-corrected chi connectivity index (χ0v) is 16.1. The van der Waals surface area contributed by atoms with Gasteiger partial charge in [0.05, 0.1) is 11.8 Å². The molecule has 1 aromatic carbocycles. The van der Waals surface area contributed by atoms with Crippen LogP contribution in [0.2, 0.25) is 25.7 Å². The van der Waals surface area contributed by atoms with Gasteiger partial charge in [0.1, 0.15) is 6.07 Å². The highest BCUT2D eigenvalue weighted by molar-refractivity contribution is 7.89. The first-order valence-electron chi connectivity index (χ1n) is 6.81. The molecule has 0 bridgehead atoms. The van der Waals surface area contributed by atoms with Gasteiger partial charge in [-0.15, -0.1) is 0 Å². The quantitative estimate of drug-likeness (QED) is 0.580. The topological polar surface area (TPSA) is 70.0 Å². The van der Waals surface area contributed by atoms with Crippen molar-refractivity contribution in [3.63, 3.8) is 0 Å². The maximum Gasteiger partial charge on any atom is 0.223 e. The lowest BCUT2D eigenvalue weighted by molar-refractivity contribution is 0.553. The fourth-order valence-corrected chi connectivity index (χ4v) is 6.55. The molecule has 122 valence electrons. The van der Waals surface area contributed by atoms with Gasteiger partial charge in [-0.1, -0.05) is 73.2 Å². The first-order valence-corrected chi connectivity index (χ1v) is 12.9. The average molecular weight is 379 g/mol. The molecule has 0 unspecified atom stereocenters. The number of nitrogens with zero attached hydrogens (tertiary/aromatic N) is 1. The first-order chi connectivity index (χ1) is 9.97. The molecule has 0 aliphatic carbocycles. The zero-order valence-electron chi connectivity index (χ0n) is 12.8. The van der Waals surface area contributed by atoms with Gasteiger partial charge in [0.15, 0.2) is 0 Å². The van der Waals surface area contributed by atoms with Crippen LogP contribution in [-0.2, 0) is 10.0 Å². The van der Waals surface area contributed by atoms with E-state index in [0.29, 0.717) is 11.6 Å². The van der Waals surface area contributed by atoms with Crippen LogP contribution in [0.15, 0.2) is 30.3 Å². The van der Waals surface area contributed by atoms with Crippen LogP contribution in [-0.4, -0.2) is 26.6 Å². The van der Waals surface area contributed by atoms with E-state index >= 15 is 0 Å². The predicted molar refractivity (Wildman–Crippen MR) is 94.3 cm³/mol. The molecule has 0 amide bonds.